The van der Waals surface area contributed by atoms with Crippen molar-refractivity contribution in [3.8, 4) is 0 Å². The van der Waals surface area contributed by atoms with Crippen LogP contribution < -0.4 is 9.62 Å². The van der Waals surface area contributed by atoms with Crippen molar-refractivity contribution in [3.05, 3.63) is 48.2 Å². The van der Waals surface area contributed by atoms with Gasteiger partial charge < -0.3 is 4.90 Å². The number of anilines is 3. The van der Waals surface area contributed by atoms with Crippen molar-refractivity contribution < 1.29 is 8.42 Å². The highest BCUT2D eigenvalue weighted by molar-refractivity contribution is 7.92. The van der Waals surface area contributed by atoms with Crippen LogP contribution in [0.4, 0.5) is 17.2 Å². The molecule has 2 aromatic rings. The zero-order valence-corrected chi connectivity index (χ0v) is 15.3. The first-order valence-electron chi connectivity index (χ1n) is 8.26. The molecule has 0 saturated heterocycles. The molecule has 0 aliphatic heterocycles. The van der Waals surface area contributed by atoms with Gasteiger partial charge in [-0.05, 0) is 50.1 Å². The van der Waals surface area contributed by atoms with Gasteiger partial charge in [-0.1, -0.05) is 25.5 Å². The summed E-state index contributed by atoms with van der Waals surface area (Å²) < 4.78 is 26.4. The number of pyridine rings is 1. The molecule has 2 rings (SSSR count). The van der Waals surface area contributed by atoms with Gasteiger partial charge >= 0.3 is 0 Å². The lowest BCUT2D eigenvalue weighted by Crippen LogP contribution is -2.18. The largest absolute Gasteiger partial charge is 0.341 e. The standard InChI is InChI=1S/C18H25N3O2S/c1-4-6-12-24(22,23)20-18-11-10-17(14-19-18)21(5-2)16-9-7-8-15(3)13-16/h7-11,13-14H,4-6,12H2,1-3H3,(H,19,20). The van der Waals surface area contributed by atoms with Gasteiger partial charge in [0, 0.05) is 12.2 Å². The number of hydrogen-bond acceptors (Lipinski definition) is 4. The van der Waals surface area contributed by atoms with Crippen LogP contribution in [0, 0.1) is 6.92 Å². The van der Waals surface area contributed by atoms with Crippen molar-refractivity contribution in [1.29, 1.82) is 0 Å². The average molecular weight is 347 g/mol. The normalized spacial score (nSPS) is 11.3. The van der Waals surface area contributed by atoms with Crippen molar-refractivity contribution in [3.63, 3.8) is 0 Å². The predicted octanol–water partition coefficient (Wildman–Crippen LogP) is 4.09. The third-order valence-corrected chi connectivity index (χ3v) is 5.06. The van der Waals surface area contributed by atoms with E-state index in [0.29, 0.717) is 12.2 Å². The van der Waals surface area contributed by atoms with Gasteiger partial charge in [-0.25, -0.2) is 13.4 Å². The van der Waals surface area contributed by atoms with E-state index in [0.717, 1.165) is 24.3 Å². The van der Waals surface area contributed by atoms with Crippen LogP contribution in [0.15, 0.2) is 42.6 Å². The lowest BCUT2D eigenvalue weighted by molar-refractivity contribution is 0.597. The minimum atomic E-state index is -3.32. The van der Waals surface area contributed by atoms with Crippen molar-refractivity contribution in [2.45, 2.75) is 33.6 Å². The first-order valence-corrected chi connectivity index (χ1v) is 9.91. The molecule has 0 unspecified atom stereocenters. The van der Waals surface area contributed by atoms with E-state index in [1.165, 1.54) is 5.56 Å². The average Bonchev–Trinajstić information content (AvgIpc) is 2.55. The van der Waals surface area contributed by atoms with Gasteiger partial charge in [-0.15, -0.1) is 0 Å². The molecule has 0 amide bonds. The molecule has 0 radical (unpaired) electrons. The molecule has 0 saturated carbocycles. The Labute approximate surface area is 144 Å². The molecule has 6 heteroatoms. The number of benzene rings is 1. The van der Waals surface area contributed by atoms with E-state index in [1.807, 2.05) is 19.1 Å². The molecule has 1 heterocycles. The van der Waals surface area contributed by atoms with Gasteiger partial charge in [-0.3, -0.25) is 4.72 Å². The van der Waals surface area contributed by atoms with Crippen LogP contribution in [0.5, 0.6) is 0 Å². The molecule has 130 valence electrons. The number of rotatable bonds is 8. The number of nitrogens with one attached hydrogen (secondary N) is 1. The maximum absolute atomic E-state index is 11.9. The summed E-state index contributed by atoms with van der Waals surface area (Å²) in [6.45, 7) is 6.90. The number of aryl methyl sites for hydroxylation is 1. The van der Waals surface area contributed by atoms with Gasteiger partial charge in [0.25, 0.3) is 0 Å². The lowest BCUT2D eigenvalue weighted by atomic mass is 10.2. The second-order valence-corrected chi connectivity index (χ2v) is 7.60. The Morgan fingerprint density at radius 2 is 1.92 bits per heavy atom. The summed E-state index contributed by atoms with van der Waals surface area (Å²) >= 11 is 0. The van der Waals surface area contributed by atoms with Crippen LogP contribution in [-0.4, -0.2) is 25.7 Å². The third kappa shape index (κ3) is 4.96. The fraction of sp³-hybridized carbons (Fsp3) is 0.389. The maximum Gasteiger partial charge on any atom is 0.233 e. The monoisotopic (exact) mass is 347 g/mol. The summed E-state index contributed by atoms with van der Waals surface area (Å²) in [5, 5.41) is 0. The van der Waals surface area contributed by atoms with Gasteiger partial charge in [0.05, 0.1) is 17.6 Å². The van der Waals surface area contributed by atoms with Crippen LogP contribution >= 0.6 is 0 Å². The highest BCUT2D eigenvalue weighted by Crippen LogP contribution is 2.26. The third-order valence-electron chi connectivity index (χ3n) is 3.72. The topological polar surface area (TPSA) is 62.3 Å². The molecule has 24 heavy (non-hydrogen) atoms. The SMILES string of the molecule is CCCCS(=O)(=O)Nc1ccc(N(CC)c2cccc(C)c2)cn1. The minimum absolute atomic E-state index is 0.122. The van der Waals surface area contributed by atoms with E-state index in [4.69, 9.17) is 0 Å². The summed E-state index contributed by atoms with van der Waals surface area (Å²) in [5.74, 6) is 0.479. The van der Waals surface area contributed by atoms with Crippen LogP contribution in [0.25, 0.3) is 0 Å². The van der Waals surface area contributed by atoms with Crippen molar-refractivity contribution in [2.75, 3.05) is 21.9 Å². The van der Waals surface area contributed by atoms with Crippen LogP contribution in [0.2, 0.25) is 0 Å². The molecule has 1 aromatic heterocycles. The number of unbranched alkanes of at least 4 members (excludes halogenated alkanes) is 1. The highest BCUT2D eigenvalue weighted by Gasteiger charge is 2.12. The molecule has 1 aromatic carbocycles. The van der Waals surface area contributed by atoms with Crippen LogP contribution in [-0.2, 0) is 10.0 Å². The molecule has 0 spiro atoms. The second-order valence-electron chi connectivity index (χ2n) is 5.76. The fourth-order valence-electron chi connectivity index (χ4n) is 2.46. The Morgan fingerprint density at radius 1 is 1.12 bits per heavy atom. The van der Waals surface area contributed by atoms with Crippen molar-refractivity contribution in [1.82, 2.24) is 4.98 Å². The van der Waals surface area contributed by atoms with E-state index in [2.05, 4.69) is 46.7 Å². The molecular weight excluding hydrogens is 322 g/mol. The summed E-state index contributed by atoms with van der Waals surface area (Å²) in [6, 6.07) is 11.8. The zero-order chi connectivity index (χ0) is 17.6. The van der Waals surface area contributed by atoms with Crippen molar-refractivity contribution >= 4 is 27.2 Å². The molecule has 0 aliphatic rings. The van der Waals surface area contributed by atoms with E-state index in [-0.39, 0.29) is 5.75 Å². The fourth-order valence-corrected chi connectivity index (χ4v) is 3.67. The van der Waals surface area contributed by atoms with Gasteiger partial charge in [0.2, 0.25) is 10.0 Å². The van der Waals surface area contributed by atoms with Crippen LogP contribution in [0.3, 0.4) is 0 Å². The lowest BCUT2D eigenvalue weighted by Gasteiger charge is -2.23. The number of nitrogens with zero attached hydrogens (tertiary/aromatic N) is 2. The Kier molecular flexibility index (Phi) is 6.20. The minimum Gasteiger partial charge on any atom is -0.341 e. The van der Waals surface area contributed by atoms with Crippen LogP contribution in [0.1, 0.15) is 32.3 Å². The summed E-state index contributed by atoms with van der Waals surface area (Å²) in [4.78, 5) is 6.39. The molecule has 0 atom stereocenters. The quantitative estimate of drug-likeness (QED) is 0.781. The number of sulfonamides is 1. The molecule has 5 nitrogen and oxygen atoms in total. The highest BCUT2D eigenvalue weighted by atomic mass is 32.2. The van der Waals surface area contributed by atoms with E-state index < -0.39 is 10.0 Å². The second kappa shape index (κ2) is 8.15. The van der Waals surface area contributed by atoms with Gasteiger partial charge in [0.15, 0.2) is 0 Å². The molecule has 0 fully saturated rings. The molecule has 1 N–H and O–H groups in total. The van der Waals surface area contributed by atoms with E-state index in [9.17, 15) is 8.42 Å². The number of hydrogen-bond donors (Lipinski definition) is 1. The molecule has 0 bridgehead atoms. The maximum atomic E-state index is 11.9. The molecule has 0 aliphatic carbocycles. The van der Waals surface area contributed by atoms with Crippen molar-refractivity contribution in [2.24, 2.45) is 0 Å². The summed E-state index contributed by atoms with van der Waals surface area (Å²) in [7, 11) is -3.32. The Balaban J connectivity index is 2.16. The van der Waals surface area contributed by atoms with E-state index in [1.54, 1.807) is 12.3 Å². The first-order chi connectivity index (χ1) is 11.4. The molecular formula is C18H25N3O2S. The predicted molar refractivity (Wildman–Crippen MR) is 100 cm³/mol. The summed E-state index contributed by atoms with van der Waals surface area (Å²) in [6.07, 6.45) is 3.18. The number of aromatic nitrogens is 1. The van der Waals surface area contributed by atoms with Gasteiger partial charge in [-0.2, -0.15) is 0 Å². The summed E-state index contributed by atoms with van der Waals surface area (Å²) in [5.41, 5.74) is 3.22. The van der Waals surface area contributed by atoms with E-state index >= 15 is 0 Å². The Hall–Kier alpha value is -2.08. The zero-order valence-electron chi connectivity index (χ0n) is 14.5. The smallest absolute Gasteiger partial charge is 0.233 e. The first kappa shape index (κ1) is 18.3. The Bertz CT molecular complexity index is 758. The van der Waals surface area contributed by atoms with Gasteiger partial charge in [0.1, 0.15) is 5.82 Å². The Morgan fingerprint density at radius 3 is 2.50 bits per heavy atom.